The van der Waals surface area contributed by atoms with Gasteiger partial charge in [0.15, 0.2) is 0 Å². The number of benzene rings is 3. The van der Waals surface area contributed by atoms with Gasteiger partial charge in [0, 0.05) is 22.2 Å². The molecule has 6 heteroatoms. The van der Waals surface area contributed by atoms with Crippen LogP contribution in [0.2, 0.25) is 5.02 Å². The average molecular weight is 491 g/mol. The molecule has 0 atom stereocenters. The summed E-state index contributed by atoms with van der Waals surface area (Å²) in [5.74, 6) is -0.621. The molecule has 3 aromatic carbocycles. The van der Waals surface area contributed by atoms with Gasteiger partial charge in [0.25, 0.3) is 11.8 Å². The van der Waals surface area contributed by atoms with E-state index in [-0.39, 0.29) is 11.8 Å². The first kappa shape index (κ1) is 24.1. The fourth-order valence-electron chi connectivity index (χ4n) is 3.95. The minimum absolute atomic E-state index is 0.310. The summed E-state index contributed by atoms with van der Waals surface area (Å²) >= 11 is 7.35. The maximum absolute atomic E-state index is 13.8. The highest BCUT2D eigenvalue weighted by atomic mass is 35.5. The first-order valence-corrected chi connectivity index (χ1v) is 12.7. The Hall–Kier alpha value is -3.02. The molecule has 3 aromatic rings. The van der Waals surface area contributed by atoms with Crippen LogP contribution in [-0.2, 0) is 16.0 Å². The van der Waals surface area contributed by atoms with Crippen molar-refractivity contribution in [1.29, 1.82) is 0 Å². The normalized spacial score (nSPS) is 13.7. The van der Waals surface area contributed by atoms with E-state index < -0.39 is 0 Å². The van der Waals surface area contributed by atoms with E-state index in [1.807, 2.05) is 78.6 Å². The third-order valence-electron chi connectivity index (χ3n) is 5.72. The van der Waals surface area contributed by atoms with Gasteiger partial charge in [-0.05, 0) is 73.9 Å². The third-order valence-corrected chi connectivity index (χ3v) is 7.05. The zero-order valence-corrected chi connectivity index (χ0v) is 20.9. The number of unbranched alkanes of at least 4 members (excludes halogenated alkanes) is 1. The molecule has 1 heterocycles. The van der Waals surface area contributed by atoms with Gasteiger partial charge in [0.2, 0.25) is 0 Å². The summed E-state index contributed by atoms with van der Waals surface area (Å²) in [5, 5.41) is 0.622. The molecule has 4 rings (SSSR count). The van der Waals surface area contributed by atoms with E-state index in [4.69, 9.17) is 11.6 Å². The Bertz CT molecular complexity index is 1190. The number of likely N-dealkylation sites (N-methyl/N-ethyl adjacent to an activating group) is 1. The molecule has 0 saturated heterocycles. The van der Waals surface area contributed by atoms with Crippen molar-refractivity contribution in [3.63, 3.8) is 0 Å². The summed E-state index contributed by atoms with van der Waals surface area (Å²) in [4.78, 5) is 31.9. The lowest BCUT2D eigenvalue weighted by atomic mass is 10.1. The van der Waals surface area contributed by atoms with Crippen molar-refractivity contribution in [2.24, 2.45) is 0 Å². The van der Waals surface area contributed by atoms with Crippen LogP contribution in [0.3, 0.4) is 0 Å². The molecule has 0 fully saturated rings. The van der Waals surface area contributed by atoms with Gasteiger partial charge in [0.1, 0.15) is 10.6 Å². The maximum atomic E-state index is 13.8. The molecule has 0 unspecified atom stereocenters. The van der Waals surface area contributed by atoms with E-state index >= 15 is 0 Å². The molecule has 0 bridgehead atoms. The fourth-order valence-corrected chi connectivity index (χ4v) is 5.06. The number of aryl methyl sites for hydroxylation is 1. The minimum atomic E-state index is -0.312. The van der Waals surface area contributed by atoms with Crippen LogP contribution in [0, 0.1) is 0 Å². The number of hydrogen-bond donors (Lipinski definition) is 0. The Balaban J connectivity index is 1.74. The molecule has 2 amide bonds. The molecule has 4 nitrogen and oxygen atoms in total. The first-order valence-electron chi connectivity index (χ1n) is 11.5. The van der Waals surface area contributed by atoms with Crippen molar-refractivity contribution < 1.29 is 9.59 Å². The van der Waals surface area contributed by atoms with Crippen molar-refractivity contribution >= 4 is 46.6 Å². The second kappa shape index (κ2) is 10.9. The molecular weight excluding hydrogens is 464 g/mol. The smallest absolute Gasteiger partial charge is 0.283 e. The van der Waals surface area contributed by atoms with Gasteiger partial charge < -0.3 is 4.90 Å². The second-order valence-electron chi connectivity index (χ2n) is 8.03. The largest absolute Gasteiger partial charge is 0.336 e. The van der Waals surface area contributed by atoms with Crippen LogP contribution in [0.15, 0.2) is 94.4 Å². The zero-order chi connectivity index (χ0) is 24.1. The number of imide groups is 1. The van der Waals surface area contributed by atoms with Crippen molar-refractivity contribution in [2.75, 3.05) is 16.3 Å². The van der Waals surface area contributed by atoms with Gasteiger partial charge in [-0.3, -0.25) is 9.59 Å². The summed E-state index contributed by atoms with van der Waals surface area (Å²) in [6.45, 7) is 4.69. The molecule has 174 valence electrons. The maximum Gasteiger partial charge on any atom is 0.283 e. The number of carbonyl (C=O) groups excluding carboxylic acids is 2. The Morgan fingerprint density at radius 3 is 2.15 bits per heavy atom. The zero-order valence-electron chi connectivity index (χ0n) is 19.3. The van der Waals surface area contributed by atoms with Crippen LogP contribution in [0.4, 0.5) is 11.4 Å². The predicted octanol–water partition coefficient (Wildman–Crippen LogP) is 7.09. The van der Waals surface area contributed by atoms with Crippen LogP contribution in [0.1, 0.15) is 32.3 Å². The number of hydrogen-bond acceptors (Lipinski definition) is 4. The van der Waals surface area contributed by atoms with Gasteiger partial charge >= 0.3 is 0 Å². The lowest BCUT2D eigenvalue weighted by Gasteiger charge is -2.24. The summed E-state index contributed by atoms with van der Waals surface area (Å²) < 4.78 is 0. The van der Waals surface area contributed by atoms with Gasteiger partial charge in [-0.15, -0.1) is 0 Å². The summed E-state index contributed by atoms with van der Waals surface area (Å²) in [5.41, 5.74) is 3.05. The van der Waals surface area contributed by atoms with Crippen LogP contribution in [0.5, 0.6) is 0 Å². The fraction of sp³-hybridized carbons (Fsp3) is 0.214. The Labute approximate surface area is 210 Å². The highest BCUT2D eigenvalue weighted by Gasteiger charge is 2.42. The number of amides is 2. The highest BCUT2D eigenvalue weighted by Crippen LogP contribution is 2.40. The van der Waals surface area contributed by atoms with E-state index in [0.717, 1.165) is 29.8 Å². The molecule has 0 saturated carbocycles. The number of para-hydroxylation sites is 1. The number of carbonyl (C=O) groups is 2. The second-order valence-corrected chi connectivity index (χ2v) is 9.55. The first-order chi connectivity index (χ1) is 16.5. The van der Waals surface area contributed by atoms with Crippen LogP contribution in [-0.4, -0.2) is 18.4 Å². The lowest BCUT2D eigenvalue weighted by molar-refractivity contribution is -0.120. The van der Waals surface area contributed by atoms with E-state index in [2.05, 4.69) is 6.92 Å². The van der Waals surface area contributed by atoms with Crippen LogP contribution < -0.4 is 9.80 Å². The van der Waals surface area contributed by atoms with Gasteiger partial charge in [-0.2, -0.15) is 0 Å². The molecule has 1 aliphatic rings. The lowest BCUT2D eigenvalue weighted by Crippen LogP contribution is -2.35. The summed E-state index contributed by atoms with van der Waals surface area (Å²) in [6, 6.07) is 24.7. The molecular formula is C28H27ClN2O2S. The van der Waals surface area contributed by atoms with Crippen molar-refractivity contribution in [2.45, 2.75) is 38.0 Å². The number of halogens is 1. The van der Waals surface area contributed by atoms with Crippen LogP contribution >= 0.6 is 23.4 Å². The Kier molecular flexibility index (Phi) is 7.76. The Morgan fingerprint density at radius 2 is 1.53 bits per heavy atom. The quantitative estimate of drug-likeness (QED) is 0.300. The average Bonchev–Trinajstić information content (AvgIpc) is 3.10. The van der Waals surface area contributed by atoms with Crippen LogP contribution in [0.25, 0.3) is 0 Å². The molecule has 1 aliphatic heterocycles. The molecule has 0 spiro atoms. The number of anilines is 2. The van der Waals surface area contributed by atoms with Gasteiger partial charge in [-0.1, -0.05) is 67.0 Å². The molecule has 0 N–H and O–H groups in total. The van der Waals surface area contributed by atoms with E-state index in [9.17, 15) is 9.59 Å². The SMILES string of the molecule is CCCCc1ccc(N2C(=O)C(Sc3ccc(Cl)cc3)=C(N(CC)c3ccccc3)C2=O)cc1. The molecule has 0 aromatic heterocycles. The number of nitrogens with zero attached hydrogens (tertiary/aromatic N) is 2. The molecule has 0 radical (unpaired) electrons. The monoisotopic (exact) mass is 490 g/mol. The van der Waals surface area contributed by atoms with Gasteiger partial charge in [0.05, 0.1) is 5.69 Å². The van der Waals surface area contributed by atoms with E-state index in [1.54, 1.807) is 12.1 Å². The van der Waals surface area contributed by atoms with E-state index in [0.29, 0.717) is 27.9 Å². The Morgan fingerprint density at radius 1 is 0.853 bits per heavy atom. The standard InChI is InChI=1S/C28H27ClN2O2S/c1-3-5-9-20-12-16-23(17-13-20)31-27(32)25(30(4-2)22-10-7-6-8-11-22)26(28(31)33)34-24-18-14-21(29)15-19-24/h6-8,10-19H,3-5,9H2,1-2H3. The van der Waals surface area contributed by atoms with Crippen molar-refractivity contribution in [3.8, 4) is 0 Å². The number of thioether (sulfide) groups is 1. The van der Waals surface area contributed by atoms with Crippen molar-refractivity contribution in [3.05, 3.63) is 100 Å². The number of rotatable bonds is 9. The minimum Gasteiger partial charge on any atom is -0.336 e. The van der Waals surface area contributed by atoms with Crippen molar-refractivity contribution in [1.82, 2.24) is 0 Å². The van der Waals surface area contributed by atoms with E-state index in [1.165, 1.54) is 22.2 Å². The van der Waals surface area contributed by atoms with Gasteiger partial charge in [-0.25, -0.2) is 4.90 Å². The topological polar surface area (TPSA) is 40.6 Å². The summed E-state index contributed by atoms with van der Waals surface area (Å²) in [7, 11) is 0. The predicted molar refractivity (Wildman–Crippen MR) is 141 cm³/mol. The molecule has 34 heavy (non-hydrogen) atoms. The third kappa shape index (κ3) is 5.06. The summed E-state index contributed by atoms with van der Waals surface area (Å²) in [6.07, 6.45) is 3.21. The highest BCUT2D eigenvalue weighted by molar-refractivity contribution is 8.04. The molecule has 0 aliphatic carbocycles.